The number of aliphatic imine (C=N–C) groups is 1. The molecule has 0 radical (unpaired) electrons. The van der Waals surface area contributed by atoms with E-state index in [-0.39, 0.29) is 35.3 Å². The lowest BCUT2D eigenvalue weighted by Gasteiger charge is -2.38. The number of methoxy groups -OCH3 is 2. The summed E-state index contributed by atoms with van der Waals surface area (Å²) in [5.74, 6) is 1.85. The first-order valence-electron chi connectivity index (χ1n) is 10.8. The number of primary amides is 1. The highest BCUT2D eigenvalue weighted by atomic mass is 127. The van der Waals surface area contributed by atoms with Gasteiger partial charge in [0.2, 0.25) is 5.91 Å². The van der Waals surface area contributed by atoms with E-state index in [0.29, 0.717) is 12.5 Å². The monoisotopic (exact) mass is 546 g/mol. The fraction of sp³-hybridized carbons (Fsp3) is 0.652. The highest BCUT2D eigenvalue weighted by molar-refractivity contribution is 14.0. The zero-order valence-corrected chi connectivity index (χ0v) is 21.9. The molecule has 1 saturated carbocycles. The van der Waals surface area contributed by atoms with Gasteiger partial charge >= 0.3 is 0 Å². The lowest BCUT2D eigenvalue weighted by Crippen LogP contribution is -2.47. The smallest absolute Gasteiger partial charge is 0.224 e. The van der Waals surface area contributed by atoms with Crippen LogP contribution in [0.15, 0.2) is 23.2 Å². The van der Waals surface area contributed by atoms with Gasteiger partial charge in [0, 0.05) is 18.5 Å². The number of hydrogen-bond acceptors (Lipinski definition) is 4. The summed E-state index contributed by atoms with van der Waals surface area (Å²) in [6, 6.07) is 6.24. The minimum Gasteiger partial charge on any atom is -0.493 e. The van der Waals surface area contributed by atoms with Crippen LogP contribution >= 0.6 is 24.0 Å². The minimum absolute atomic E-state index is 0. The molecule has 7 nitrogen and oxygen atoms in total. The van der Waals surface area contributed by atoms with E-state index < -0.39 is 5.41 Å². The molecule has 0 unspecified atom stereocenters. The second kappa shape index (κ2) is 12.4. The van der Waals surface area contributed by atoms with Crippen molar-refractivity contribution in [3.63, 3.8) is 0 Å². The van der Waals surface area contributed by atoms with Gasteiger partial charge in [0.05, 0.1) is 26.2 Å². The molecule has 1 aliphatic rings. The lowest BCUT2D eigenvalue weighted by atomic mass is 9.69. The molecule has 1 amide bonds. The van der Waals surface area contributed by atoms with Crippen LogP contribution in [-0.2, 0) is 10.2 Å². The predicted molar refractivity (Wildman–Crippen MR) is 137 cm³/mol. The number of carbonyl (C=O) groups excluding carboxylic acids is 1. The number of nitrogens with zero attached hydrogens (tertiary/aromatic N) is 1. The van der Waals surface area contributed by atoms with Gasteiger partial charge in [-0.2, -0.15) is 0 Å². The Labute approximate surface area is 203 Å². The van der Waals surface area contributed by atoms with Crippen LogP contribution in [0.2, 0.25) is 0 Å². The molecular formula is C23H39IN4O3. The van der Waals surface area contributed by atoms with Gasteiger partial charge in [-0.05, 0) is 51.3 Å². The predicted octanol–water partition coefficient (Wildman–Crippen LogP) is 3.59. The zero-order valence-electron chi connectivity index (χ0n) is 19.5. The van der Waals surface area contributed by atoms with Crippen molar-refractivity contribution in [2.45, 2.75) is 58.3 Å². The summed E-state index contributed by atoms with van der Waals surface area (Å²) >= 11 is 0. The largest absolute Gasteiger partial charge is 0.493 e. The number of hydrogen-bond donors (Lipinski definition) is 3. The molecule has 0 spiro atoms. The third kappa shape index (κ3) is 7.15. The summed E-state index contributed by atoms with van der Waals surface area (Å²) in [5.41, 5.74) is 6.06. The number of guanidine groups is 1. The Kier molecular flexibility index (Phi) is 10.9. The molecule has 1 fully saturated rings. The van der Waals surface area contributed by atoms with Crippen LogP contribution in [0.3, 0.4) is 0 Å². The van der Waals surface area contributed by atoms with Crippen LogP contribution in [0.4, 0.5) is 0 Å². The van der Waals surface area contributed by atoms with Gasteiger partial charge in [0.25, 0.3) is 0 Å². The Balaban J connectivity index is 0.00000480. The first-order valence-corrected chi connectivity index (χ1v) is 10.8. The number of carbonyl (C=O) groups is 1. The summed E-state index contributed by atoms with van der Waals surface area (Å²) in [4.78, 5) is 16.3. The molecule has 0 aromatic heterocycles. The Morgan fingerprint density at radius 2 is 1.77 bits per heavy atom. The molecule has 4 N–H and O–H groups in total. The van der Waals surface area contributed by atoms with E-state index in [1.54, 1.807) is 14.2 Å². The van der Waals surface area contributed by atoms with Crippen molar-refractivity contribution in [2.24, 2.45) is 16.1 Å². The fourth-order valence-electron chi connectivity index (χ4n) is 3.91. The highest BCUT2D eigenvalue weighted by Crippen LogP contribution is 2.42. The van der Waals surface area contributed by atoms with E-state index in [4.69, 9.17) is 15.2 Å². The van der Waals surface area contributed by atoms with E-state index in [1.807, 2.05) is 26.8 Å². The third-order valence-corrected chi connectivity index (χ3v) is 6.04. The van der Waals surface area contributed by atoms with Crippen molar-refractivity contribution in [3.05, 3.63) is 23.8 Å². The number of benzene rings is 1. The van der Waals surface area contributed by atoms with Gasteiger partial charge in [0.1, 0.15) is 0 Å². The van der Waals surface area contributed by atoms with Gasteiger partial charge in [-0.1, -0.05) is 25.3 Å². The van der Waals surface area contributed by atoms with Crippen molar-refractivity contribution < 1.29 is 14.3 Å². The van der Waals surface area contributed by atoms with E-state index in [0.717, 1.165) is 37.4 Å². The zero-order chi connectivity index (χ0) is 22.2. The fourth-order valence-corrected chi connectivity index (χ4v) is 3.91. The Morgan fingerprint density at radius 1 is 1.13 bits per heavy atom. The van der Waals surface area contributed by atoms with Gasteiger partial charge in [0.15, 0.2) is 17.5 Å². The summed E-state index contributed by atoms with van der Waals surface area (Å²) in [7, 11) is 3.33. The molecule has 0 heterocycles. The minimum atomic E-state index is -0.686. The van der Waals surface area contributed by atoms with E-state index in [9.17, 15) is 4.79 Å². The van der Waals surface area contributed by atoms with Crippen LogP contribution in [0.1, 0.15) is 58.4 Å². The summed E-state index contributed by atoms with van der Waals surface area (Å²) in [5, 5.41) is 6.81. The van der Waals surface area contributed by atoms with E-state index >= 15 is 0 Å². The van der Waals surface area contributed by atoms with Crippen LogP contribution in [0, 0.1) is 5.41 Å². The normalized spacial score (nSPS) is 16.1. The number of rotatable bonds is 9. The molecule has 1 aromatic rings. The molecular weight excluding hydrogens is 507 g/mol. The highest BCUT2D eigenvalue weighted by Gasteiger charge is 2.35. The summed E-state index contributed by atoms with van der Waals surface area (Å²) in [6.07, 6.45) is 5.84. The number of ether oxygens (including phenoxy) is 2. The van der Waals surface area contributed by atoms with Crippen molar-refractivity contribution in [1.29, 1.82) is 0 Å². The second-order valence-corrected chi connectivity index (χ2v) is 8.71. The average molecular weight is 546 g/mol. The molecule has 1 aromatic carbocycles. The van der Waals surface area contributed by atoms with E-state index in [2.05, 4.69) is 27.8 Å². The number of nitrogens with one attached hydrogen (secondary N) is 2. The van der Waals surface area contributed by atoms with Crippen LogP contribution in [-0.4, -0.2) is 45.7 Å². The molecule has 0 saturated heterocycles. The second-order valence-electron chi connectivity index (χ2n) is 8.71. The van der Waals surface area contributed by atoms with Crippen LogP contribution in [0.25, 0.3) is 0 Å². The molecule has 8 heteroatoms. The summed E-state index contributed by atoms with van der Waals surface area (Å²) in [6.45, 7) is 7.49. The van der Waals surface area contributed by atoms with Crippen LogP contribution in [0.5, 0.6) is 11.5 Å². The maximum absolute atomic E-state index is 11.6. The number of amides is 1. The Bertz CT molecular complexity index is 746. The van der Waals surface area contributed by atoms with Crippen molar-refractivity contribution in [2.75, 3.05) is 33.9 Å². The average Bonchev–Trinajstić information content (AvgIpc) is 2.75. The van der Waals surface area contributed by atoms with E-state index in [1.165, 1.54) is 24.8 Å². The molecule has 0 bridgehead atoms. The van der Waals surface area contributed by atoms with Gasteiger partial charge in [-0.15, -0.1) is 24.0 Å². The molecule has 176 valence electrons. The molecule has 31 heavy (non-hydrogen) atoms. The maximum Gasteiger partial charge on any atom is 0.224 e. The van der Waals surface area contributed by atoms with Crippen molar-refractivity contribution in [1.82, 2.24) is 10.6 Å². The first kappa shape index (κ1) is 27.3. The van der Waals surface area contributed by atoms with Gasteiger partial charge < -0.3 is 25.8 Å². The number of nitrogens with two attached hydrogens (primary N) is 1. The number of halogens is 1. The SMILES string of the molecule is CCNC(=NCC(C)(C)C(N)=O)NCC1(c2ccc(OC)c(OC)c2)CCCCC1.I. The third-order valence-electron chi connectivity index (χ3n) is 6.04. The standard InChI is InChI=1S/C23H38N4O3.HI/c1-6-25-21(26-15-22(2,3)20(24)28)27-16-23(12-8-7-9-13-23)17-10-11-18(29-4)19(14-17)30-5;/h10-11,14H,6-9,12-13,15-16H2,1-5H3,(H2,24,28)(H2,25,26,27);1H. The Hall–Kier alpha value is -1.71. The van der Waals surface area contributed by atoms with Crippen molar-refractivity contribution >= 4 is 35.8 Å². The molecule has 0 atom stereocenters. The molecule has 2 rings (SSSR count). The Morgan fingerprint density at radius 3 is 2.32 bits per heavy atom. The first-order chi connectivity index (χ1) is 14.3. The maximum atomic E-state index is 11.6. The molecule has 0 aliphatic heterocycles. The van der Waals surface area contributed by atoms with Gasteiger partial charge in [-0.3, -0.25) is 9.79 Å². The van der Waals surface area contributed by atoms with Gasteiger partial charge in [-0.25, -0.2) is 0 Å². The lowest BCUT2D eigenvalue weighted by molar-refractivity contribution is -0.125. The quantitative estimate of drug-likeness (QED) is 0.250. The topological polar surface area (TPSA) is 98.0 Å². The molecule has 1 aliphatic carbocycles. The summed E-state index contributed by atoms with van der Waals surface area (Å²) < 4.78 is 11.0. The van der Waals surface area contributed by atoms with Crippen molar-refractivity contribution in [3.8, 4) is 11.5 Å². The van der Waals surface area contributed by atoms with Crippen LogP contribution < -0.4 is 25.8 Å².